The Morgan fingerprint density at radius 2 is 1.41 bits per heavy atom. The number of benzene rings is 5. The maximum absolute atomic E-state index is 13.8. The lowest BCUT2D eigenvalue weighted by Gasteiger charge is -2.32. The van der Waals surface area contributed by atoms with Gasteiger partial charge in [-0.2, -0.15) is 0 Å². The summed E-state index contributed by atoms with van der Waals surface area (Å²) in [6.45, 7) is 7.21. The van der Waals surface area contributed by atoms with Gasteiger partial charge in [-0.3, -0.25) is 4.79 Å². The molecule has 7 heteroatoms. The van der Waals surface area contributed by atoms with E-state index in [9.17, 15) is 9.90 Å². The first kappa shape index (κ1) is 37.8. The highest BCUT2D eigenvalue weighted by atomic mass is 16.5. The molecule has 0 aliphatic carbocycles. The Balaban J connectivity index is 1.38. The fourth-order valence-electron chi connectivity index (χ4n) is 6.67. The molecule has 0 amide bonds. The number of carbonyl (C=O) groups is 1. The molecule has 0 radical (unpaired) electrons. The molecule has 1 heterocycles. The smallest absolute Gasteiger partial charge is 0.318 e. The average Bonchev–Trinajstić information content (AvgIpc) is 3.68. The predicted molar refractivity (Wildman–Crippen MR) is 211 cm³/mol. The highest BCUT2D eigenvalue weighted by molar-refractivity contribution is 5.87. The molecule has 6 rings (SSSR count). The number of aliphatic carboxylic acids is 1. The number of furan rings is 1. The van der Waals surface area contributed by atoms with E-state index in [2.05, 4.69) is 38.1 Å². The zero-order chi connectivity index (χ0) is 37.9. The summed E-state index contributed by atoms with van der Waals surface area (Å²) in [7, 11) is 1.57. The SMILES string of the molecule is CCCOc1cccc(C(Cc2cccc(Oc3cc(Cc4ccccc4)cc(Cc4ccco4)c3)c2)(C(=O)O)c2ccc(OCC(C)C)c(OC)c2)c1. The summed E-state index contributed by atoms with van der Waals surface area (Å²) in [6.07, 6.45) is 4.01. The van der Waals surface area contributed by atoms with E-state index in [0.717, 1.165) is 35.3 Å². The molecule has 0 fully saturated rings. The molecule has 0 aliphatic rings. The van der Waals surface area contributed by atoms with E-state index in [1.165, 1.54) is 5.56 Å². The molecular weight excluding hydrogens is 677 g/mol. The maximum atomic E-state index is 13.8. The van der Waals surface area contributed by atoms with Crippen LogP contribution < -0.4 is 18.9 Å². The number of carboxylic acids is 1. The minimum atomic E-state index is -1.51. The Labute approximate surface area is 318 Å². The second-order valence-electron chi connectivity index (χ2n) is 14.0. The van der Waals surface area contributed by atoms with Crippen molar-refractivity contribution >= 4 is 5.97 Å². The third-order valence-corrected chi connectivity index (χ3v) is 9.23. The van der Waals surface area contributed by atoms with Crippen molar-refractivity contribution in [2.45, 2.75) is 51.9 Å². The van der Waals surface area contributed by atoms with Crippen LogP contribution in [0.4, 0.5) is 0 Å². The number of carboxylic acid groups (broad SMARTS) is 1. The lowest BCUT2D eigenvalue weighted by Crippen LogP contribution is -2.39. The Hall–Kier alpha value is -5.95. The minimum absolute atomic E-state index is 0.129. The summed E-state index contributed by atoms with van der Waals surface area (Å²) in [5, 5.41) is 11.3. The van der Waals surface area contributed by atoms with Crippen molar-refractivity contribution in [2.75, 3.05) is 20.3 Å². The van der Waals surface area contributed by atoms with Crippen molar-refractivity contribution in [3.05, 3.63) is 173 Å². The first-order valence-electron chi connectivity index (χ1n) is 18.5. The van der Waals surface area contributed by atoms with Gasteiger partial charge >= 0.3 is 5.97 Å². The van der Waals surface area contributed by atoms with Gasteiger partial charge in [-0.15, -0.1) is 0 Å². The van der Waals surface area contributed by atoms with E-state index in [0.29, 0.717) is 65.4 Å². The first-order chi connectivity index (χ1) is 26.2. The third kappa shape index (κ3) is 9.34. The molecular formula is C47H48O7. The highest BCUT2D eigenvalue weighted by Crippen LogP contribution is 2.42. The maximum Gasteiger partial charge on any atom is 0.318 e. The summed E-state index contributed by atoms with van der Waals surface area (Å²) in [6, 6.07) is 40.9. The number of rotatable bonds is 18. The van der Waals surface area contributed by atoms with Gasteiger partial charge in [0.25, 0.3) is 0 Å². The average molecular weight is 725 g/mol. The van der Waals surface area contributed by atoms with Crippen molar-refractivity contribution in [2.24, 2.45) is 5.92 Å². The van der Waals surface area contributed by atoms with Crippen LogP contribution in [-0.2, 0) is 29.5 Å². The van der Waals surface area contributed by atoms with E-state index in [4.69, 9.17) is 23.4 Å². The summed E-state index contributed by atoms with van der Waals surface area (Å²) < 4.78 is 30.0. The molecule has 1 N–H and O–H groups in total. The minimum Gasteiger partial charge on any atom is -0.494 e. The molecule has 1 atom stereocenters. The molecule has 0 spiro atoms. The Morgan fingerprint density at radius 1 is 0.685 bits per heavy atom. The standard InChI is InChI=1S/C47H48O7/c1-5-21-51-41-16-10-15-38(29-41)47(46(48)49,39-19-20-44(45(30-39)50-4)53-32-33(2)3)31-35-14-9-17-42(25-35)54-43-27-36(23-34-12-7-6-8-13-34)24-37(28-43)26-40-18-11-22-52-40/h6-20,22,24-25,27-30,33H,5,21,23,26,31-32H2,1-4H3,(H,48,49). The molecule has 0 saturated heterocycles. The van der Waals surface area contributed by atoms with Crippen molar-refractivity contribution in [1.82, 2.24) is 0 Å². The normalized spacial score (nSPS) is 12.2. The summed E-state index contributed by atoms with van der Waals surface area (Å²) in [5.74, 6) is 3.10. The summed E-state index contributed by atoms with van der Waals surface area (Å²) >= 11 is 0. The molecule has 0 aliphatic heterocycles. The van der Waals surface area contributed by atoms with Crippen LogP contribution in [0.1, 0.15) is 66.3 Å². The van der Waals surface area contributed by atoms with Gasteiger partial charge in [0.05, 0.1) is 26.6 Å². The number of methoxy groups -OCH3 is 1. The predicted octanol–water partition coefficient (Wildman–Crippen LogP) is 10.7. The van der Waals surface area contributed by atoms with Crippen LogP contribution in [0.5, 0.6) is 28.7 Å². The van der Waals surface area contributed by atoms with E-state index in [-0.39, 0.29) is 6.42 Å². The second kappa shape index (κ2) is 17.7. The Kier molecular flexibility index (Phi) is 12.4. The van der Waals surface area contributed by atoms with Crippen LogP contribution in [0, 0.1) is 5.92 Å². The summed E-state index contributed by atoms with van der Waals surface area (Å²) in [5.41, 5.74) is 3.79. The van der Waals surface area contributed by atoms with E-state index in [1.807, 2.05) is 97.9 Å². The largest absolute Gasteiger partial charge is 0.494 e. The fourth-order valence-corrected chi connectivity index (χ4v) is 6.67. The fraction of sp³-hybridized carbons (Fsp3) is 0.255. The molecule has 6 aromatic rings. The molecule has 0 bridgehead atoms. The highest BCUT2D eigenvalue weighted by Gasteiger charge is 2.43. The van der Waals surface area contributed by atoms with Crippen LogP contribution in [0.15, 0.2) is 138 Å². The Morgan fingerprint density at radius 3 is 2.13 bits per heavy atom. The topological polar surface area (TPSA) is 87.4 Å². The lowest BCUT2D eigenvalue weighted by molar-refractivity contribution is -0.142. The third-order valence-electron chi connectivity index (χ3n) is 9.23. The van der Waals surface area contributed by atoms with Crippen molar-refractivity contribution in [3.63, 3.8) is 0 Å². The van der Waals surface area contributed by atoms with E-state index < -0.39 is 11.4 Å². The zero-order valence-electron chi connectivity index (χ0n) is 31.4. The molecule has 0 saturated carbocycles. The van der Waals surface area contributed by atoms with Crippen LogP contribution in [-0.4, -0.2) is 31.4 Å². The van der Waals surface area contributed by atoms with Crippen LogP contribution in [0.3, 0.4) is 0 Å². The molecule has 1 unspecified atom stereocenters. The van der Waals surface area contributed by atoms with Crippen molar-refractivity contribution in [1.29, 1.82) is 0 Å². The zero-order valence-corrected chi connectivity index (χ0v) is 31.4. The van der Waals surface area contributed by atoms with Gasteiger partial charge in [0.1, 0.15) is 28.4 Å². The molecule has 5 aromatic carbocycles. The monoisotopic (exact) mass is 724 g/mol. The second-order valence-corrected chi connectivity index (χ2v) is 14.0. The molecule has 7 nitrogen and oxygen atoms in total. The van der Waals surface area contributed by atoms with Gasteiger partial charge in [0.15, 0.2) is 11.5 Å². The van der Waals surface area contributed by atoms with Crippen LogP contribution >= 0.6 is 0 Å². The van der Waals surface area contributed by atoms with Gasteiger partial charge in [-0.1, -0.05) is 87.5 Å². The Bertz CT molecular complexity index is 2120. The van der Waals surface area contributed by atoms with Crippen LogP contribution in [0.25, 0.3) is 0 Å². The van der Waals surface area contributed by atoms with Gasteiger partial charge in [-0.05, 0) is 119 Å². The first-order valence-corrected chi connectivity index (χ1v) is 18.5. The number of hydrogen-bond donors (Lipinski definition) is 1. The van der Waals surface area contributed by atoms with Gasteiger partial charge in [-0.25, -0.2) is 0 Å². The lowest BCUT2D eigenvalue weighted by atomic mass is 9.70. The number of hydrogen-bond acceptors (Lipinski definition) is 6. The molecule has 54 heavy (non-hydrogen) atoms. The quantitative estimate of drug-likeness (QED) is 0.0944. The van der Waals surface area contributed by atoms with Crippen molar-refractivity contribution in [3.8, 4) is 28.7 Å². The van der Waals surface area contributed by atoms with Crippen molar-refractivity contribution < 1.29 is 33.3 Å². The van der Waals surface area contributed by atoms with Crippen LogP contribution in [0.2, 0.25) is 0 Å². The number of ether oxygens (including phenoxy) is 4. The van der Waals surface area contributed by atoms with Gasteiger partial charge in [0.2, 0.25) is 0 Å². The molecule has 278 valence electrons. The van der Waals surface area contributed by atoms with E-state index in [1.54, 1.807) is 25.5 Å². The van der Waals surface area contributed by atoms with Gasteiger partial charge < -0.3 is 28.5 Å². The van der Waals surface area contributed by atoms with Gasteiger partial charge in [0, 0.05) is 6.42 Å². The summed E-state index contributed by atoms with van der Waals surface area (Å²) in [4.78, 5) is 13.8. The molecule has 1 aromatic heterocycles. The van der Waals surface area contributed by atoms with E-state index >= 15 is 0 Å².